The Bertz CT molecular complexity index is 1130. The standard InChI is InChI=1S/C34H51NO5/c1-30(2)21-39-34(40-22-30)16-13-28-29-25(11-14-32(28,36)20-34)27-12-15-33(37,17-18-38-6)31(27,3)19-26(29)23-7-9-24(10-8-23)35(4)5/h7-10,25-27,36-37H,11-22H2,1-6H3/t25-,26+,27-,31-,32+,33+/m0/s1. The molecular weight excluding hydrogens is 502 g/mol. The number of benzene rings is 1. The van der Waals surface area contributed by atoms with Crippen LogP contribution in [0.1, 0.15) is 90.0 Å². The van der Waals surface area contributed by atoms with Gasteiger partial charge >= 0.3 is 0 Å². The normalized spacial score (nSPS) is 40.0. The molecule has 0 aromatic heterocycles. The fourth-order valence-corrected chi connectivity index (χ4v) is 9.33. The highest BCUT2D eigenvalue weighted by Crippen LogP contribution is 2.68. The topological polar surface area (TPSA) is 71.4 Å². The van der Waals surface area contributed by atoms with E-state index in [1.807, 2.05) is 0 Å². The fraction of sp³-hybridized carbons (Fsp3) is 0.765. The van der Waals surface area contributed by atoms with Crippen molar-refractivity contribution in [3.63, 3.8) is 0 Å². The number of ether oxygens (including phenoxy) is 3. The van der Waals surface area contributed by atoms with Gasteiger partial charge in [-0.3, -0.25) is 0 Å². The first-order chi connectivity index (χ1) is 18.8. The lowest BCUT2D eigenvalue weighted by Gasteiger charge is -2.58. The number of hydrogen-bond acceptors (Lipinski definition) is 6. The molecule has 4 aliphatic carbocycles. The monoisotopic (exact) mass is 553 g/mol. The van der Waals surface area contributed by atoms with Crippen molar-refractivity contribution >= 4 is 5.69 Å². The lowest BCUT2D eigenvalue weighted by molar-refractivity contribution is -0.322. The van der Waals surface area contributed by atoms with Crippen molar-refractivity contribution in [1.82, 2.24) is 0 Å². The molecule has 40 heavy (non-hydrogen) atoms. The molecular formula is C34H51NO5. The average molecular weight is 554 g/mol. The summed E-state index contributed by atoms with van der Waals surface area (Å²) in [5.41, 5.74) is 3.39. The predicted molar refractivity (Wildman–Crippen MR) is 157 cm³/mol. The summed E-state index contributed by atoms with van der Waals surface area (Å²) < 4.78 is 18.3. The van der Waals surface area contributed by atoms with Gasteiger partial charge in [0.1, 0.15) is 0 Å². The molecule has 6 atom stereocenters. The van der Waals surface area contributed by atoms with Crippen molar-refractivity contribution in [2.75, 3.05) is 45.9 Å². The Kier molecular flexibility index (Phi) is 7.03. The van der Waals surface area contributed by atoms with Crippen molar-refractivity contribution in [3.05, 3.63) is 41.0 Å². The van der Waals surface area contributed by atoms with Gasteiger partial charge in [0.25, 0.3) is 0 Å². The molecule has 0 amide bonds. The Labute approximate surface area is 241 Å². The molecule has 5 aliphatic rings. The highest BCUT2D eigenvalue weighted by Gasteiger charge is 2.64. The van der Waals surface area contributed by atoms with Crippen molar-refractivity contribution in [2.45, 2.75) is 101 Å². The van der Waals surface area contributed by atoms with Crippen LogP contribution in [0.15, 0.2) is 35.4 Å². The first kappa shape index (κ1) is 28.7. The Morgan fingerprint density at radius 3 is 2.33 bits per heavy atom. The maximum absolute atomic E-state index is 12.4. The quantitative estimate of drug-likeness (QED) is 0.448. The van der Waals surface area contributed by atoms with E-state index in [0.29, 0.717) is 44.5 Å². The number of aliphatic hydroxyl groups is 2. The average Bonchev–Trinajstić information content (AvgIpc) is 3.18. The number of fused-ring (bicyclic) bond motifs is 4. The van der Waals surface area contributed by atoms with Crippen molar-refractivity contribution in [3.8, 4) is 0 Å². The summed E-state index contributed by atoms with van der Waals surface area (Å²) >= 11 is 0. The molecule has 3 saturated carbocycles. The van der Waals surface area contributed by atoms with Crippen LogP contribution < -0.4 is 4.90 Å². The van der Waals surface area contributed by atoms with Crippen LogP contribution in [0, 0.1) is 22.7 Å². The summed E-state index contributed by atoms with van der Waals surface area (Å²) in [5, 5.41) is 24.5. The second kappa shape index (κ2) is 9.80. The summed E-state index contributed by atoms with van der Waals surface area (Å²) in [4.78, 5) is 2.14. The second-order valence-electron chi connectivity index (χ2n) is 15.0. The van der Waals surface area contributed by atoms with Gasteiger partial charge in [-0.1, -0.05) is 38.5 Å². The molecule has 0 bridgehead atoms. The predicted octanol–water partition coefficient (Wildman–Crippen LogP) is 5.81. The lowest BCUT2D eigenvalue weighted by Crippen LogP contribution is -2.58. The van der Waals surface area contributed by atoms with Crippen LogP contribution in [0.4, 0.5) is 5.69 Å². The van der Waals surface area contributed by atoms with Crippen molar-refractivity contribution < 1.29 is 24.4 Å². The third kappa shape index (κ3) is 4.48. The fourth-order valence-electron chi connectivity index (χ4n) is 9.33. The smallest absolute Gasteiger partial charge is 0.171 e. The van der Waals surface area contributed by atoms with E-state index in [2.05, 4.69) is 64.0 Å². The summed E-state index contributed by atoms with van der Waals surface area (Å²) in [6.07, 6.45) is 7.26. The highest BCUT2D eigenvalue weighted by atomic mass is 16.7. The van der Waals surface area contributed by atoms with E-state index in [1.54, 1.807) is 7.11 Å². The summed E-state index contributed by atoms with van der Waals surface area (Å²) in [6, 6.07) is 8.99. The SMILES string of the molecule is COCC[C@]1(O)CC[C@H]2[C@@H]3CC[C@@]4(O)CC5(CCC4=C3[C@@H](c3ccc(N(C)C)cc3)C[C@@]21C)OCC(C)(C)CO5. The summed E-state index contributed by atoms with van der Waals surface area (Å²) in [7, 11) is 5.88. The van der Waals surface area contributed by atoms with Gasteiger partial charge in [-0.2, -0.15) is 0 Å². The number of nitrogens with zero attached hydrogens (tertiary/aromatic N) is 1. The second-order valence-corrected chi connectivity index (χ2v) is 15.0. The maximum atomic E-state index is 12.4. The zero-order valence-electron chi connectivity index (χ0n) is 25.6. The molecule has 1 aliphatic heterocycles. The minimum absolute atomic E-state index is 0.00396. The van der Waals surface area contributed by atoms with Crippen LogP contribution in [-0.2, 0) is 14.2 Å². The van der Waals surface area contributed by atoms with Crippen LogP contribution in [0.3, 0.4) is 0 Å². The molecule has 4 fully saturated rings. The molecule has 0 radical (unpaired) electrons. The zero-order valence-corrected chi connectivity index (χ0v) is 25.6. The molecule has 6 rings (SSSR count). The van der Waals surface area contributed by atoms with E-state index in [0.717, 1.165) is 44.9 Å². The van der Waals surface area contributed by atoms with E-state index in [1.165, 1.54) is 22.4 Å². The first-order valence-electron chi connectivity index (χ1n) is 15.6. The number of anilines is 1. The number of methoxy groups -OCH3 is 1. The summed E-state index contributed by atoms with van der Waals surface area (Å²) in [6.45, 7) is 8.62. The van der Waals surface area contributed by atoms with Gasteiger partial charge in [0.15, 0.2) is 5.79 Å². The molecule has 1 heterocycles. The van der Waals surface area contributed by atoms with Crippen molar-refractivity contribution in [2.24, 2.45) is 22.7 Å². The van der Waals surface area contributed by atoms with Crippen LogP contribution in [0.5, 0.6) is 0 Å². The molecule has 6 heteroatoms. The molecule has 222 valence electrons. The highest BCUT2D eigenvalue weighted by molar-refractivity contribution is 5.50. The number of allylic oxidation sites excluding steroid dienone is 1. The van der Waals surface area contributed by atoms with Gasteiger partial charge < -0.3 is 29.3 Å². The van der Waals surface area contributed by atoms with E-state index in [9.17, 15) is 10.2 Å². The van der Waals surface area contributed by atoms with Crippen LogP contribution in [0.2, 0.25) is 0 Å². The van der Waals surface area contributed by atoms with Crippen LogP contribution >= 0.6 is 0 Å². The number of hydrogen-bond donors (Lipinski definition) is 2. The van der Waals surface area contributed by atoms with Gasteiger partial charge in [-0.05, 0) is 73.6 Å². The van der Waals surface area contributed by atoms with E-state index in [4.69, 9.17) is 14.2 Å². The lowest BCUT2D eigenvalue weighted by atomic mass is 9.49. The third-order valence-electron chi connectivity index (χ3n) is 11.7. The Hall–Kier alpha value is -1.44. The molecule has 1 aromatic carbocycles. The molecule has 1 aromatic rings. The van der Waals surface area contributed by atoms with Crippen LogP contribution in [0.25, 0.3) is 0 Å². The molecule has 2 N–H and O–H groups in total. The maximum Gasteiger partial charge on any atom is 0.171 e. The van der Waals surface area contributed by atoms with Gasteiger partial charge in [0.05, 0.1) is 24.4 Å². The molecule has 1 spiro atoms. The molecule has 6 nitrogen and oxygen atoms in total. The van der Waals surface area contributed by atoms with E-state index >= 15 is 0 Å². The minimum atomic E-state index is -0.897. The van der Waals surface area contributed by atoms with Gasteiger partial charge in [0, 0.05) is 69.5 Å². The van der Waals surface area contributed by atoms with E-state index < -0.39 is 17.0 Å². The largest absolute Gasteiger partial charge is 0.389 e. The summed E-state index contributed by atoms with van der Waals surface area (Å²) in [5.74, 6) is 0.293. The van der Waals surface area contributed by atoms with E-state index in [-0.39, 0.29) is 16.7 Å². The molecule has 1 saturated heterocycles. The van der Waals surface area contributed by atoms with Gasteiger partial charge in [0.2, 0.25) is 0 Å². The van der Waals surface area contributed by atoms with Gasteiger partial charge in [-0.25, -0.2) is 0 Å². The first-order valence-corrected chi connectivity index (χ1v) is 15.6. The molecule has 0 unspecified atom stereocenters. The van der Waals surface area contributed by atoms with Crippen LogP contribution in [-0.4, -0.2) is 68.2 Å². The minimum Gasteiger partial charge on any atom is -0.389 e. The Balaban J connectivity index is 1.41. The van der Waals surface area contributed by atoms with Gasteiger partial charge in [-0.15, -0.1) is 0 Å². The zero-order chi connectivity index (χ0) is 28.6. The van der Waals surface area contributed by atoms with Crippen molar-refractivity contribution in [1.29, 1.82) is 0 Å². The third-order valence-corrected chi connectivity index (χ3v) is 11.7. The Morgan fingerprint density at radius 2 is 1.68 bits per heavy atom. The Morgan fingerprint density at radius 1 is 0.975 bits per heavy atom. The number of rotatable bonds is 5.